The lowest BCUT2D eigenvalue weighted by molar-refractivity contribution is 0.0997. The van der Waals surface area contributed by atoms with Gasteiger partial charge in [0.1, 0.15) is 11.6 Å². The Labute approximate surface area is 81.7 Å². The molecule has 0 aromatic heterocycles. The lowest BCUT2D eigenvalue weighted by Gasteiger charge is -2.07. The molecule has 0 aliphatic carbocycles. The van der Waals surface area contributed by atoms with E-state index < -0.39 is 11.6 Å². The Morgan fingerprint density at radius 3 is 2.71 bits per heavy atom. The summed E-state index contributed by atoms with van der Waals surface area (Å²) < 4.78 is 18.3. The van der Waals surface area contributed by atoms with Crippen LogP contribution in [0.15, 0.2) is 12.1 Å². The number of rotatable bonds is 3. The van der Waals surface area contributed by atoms with Gasteiger partial charge in [0.2, 0.25) is 0 Å². The van der Waals surface area contributed by atoms with Gasteiger partial charge in [-0.3, -0.25) is 4.79 Å². The predicted molar refractivity (Wildman–Crippen MR) is 51.1 cm³/mol. The number of nitrogens with two attached hydrogens (primary N) is 1. The molecule has 0 spiro atoms. The van der Waals surface area contributed by atoms with Crippen molar-refractivity contribution in [2.75, 3.05) is 13.7 Å². The van der Waals surface area contributed by atoms with Gasteiger partial charge in [-0.25, -0.2) is 4.39 Å². The van der Waals surface area contributed by atoms with E-state index in [4.69, 9.17) is 10.5 Å². The molecule has 4 heteroatoms. The van der Waals surface area contributed by atoms with Crippen molar-refractivity contribution in [1.29, 1.82) is 0 Å². The molecule has 0 atom stereocenters. The summed E-state index contributed by atoms with van der Waals surface area (Å²) in [6.45, 7) is 1.37. The molecule has 0 radical (unpaired) electrons. The molecule has 0 saturated carbocycles. The second-order valence-electron chi connectivity index (χ2n) is 2.93. The molecule has 1 aromatic rings. The molecule has 0 aliphatic rings. The summed E-state index contributed by atoms with van der Waals surface area (Å²) in [6.07, 6.45) is 0. The Morgan fingerprint density at radius 2 is 2.21 bits per heavy atom. The average Bonchev–Trinajstić information content (AvgIpc) is 2.20. The zero-order chi connectivity index (χ0) is 10.7. The van der Waals surface area contributed by atoms with Crippen LogP contribution in [0, 0.1) is 12.7 Å². The van der Waals surface area contributed by atoms with Crippen molar-refractivity contribution in [3.63, 3.8) is 0 Å². The van der Waals surface area contributed by atoms with Crippen LogP contribution in [0.25, 0.3) is 0 Å². The highest BCUT2D eigenvalue weighted by molar-refractivity contribution is 5.98. The van der Waals surface area contributed by atoms with Crippen LogP contribution >= 0.6 is 0 Å². The molecule has 14 heavy (non-hydrogen) atoms. The van der Waals surface area contributed by atoms with Gasteiger partial charge in [0.15, 0.2) is 5.78 Å². The van der Waals surface area contributed by atoms with Gasteiger partial charge in [0, 0.05) is 0 Å². The van der Waals surface area contributed by atoms with Crippen molar-refractivity contribution in [2.45, 2.75) is 6.92 Å². The van der Waals surface area contributed by atoms with E-state index in [-0.39, 0.29) is 12.1 Å². The van der Waals surface area contributed by atoms with Gasteiger partial charge in [-0.05, 0) is 24.6 Å². The smallest absolute Gasteiger partial charge is 0.179 e. The molecule has 3 nitrogen and oxygen atoms in total. The number of carbonyl (C=O) groups is 1. The minimum Gasteiger partial charge on any atom is -0.497 e. The molecule has 0 aliphatic heterocycles. The molecule has 0 saturated heterocycles. The maximum absolute atomic E-state index is 13.4. The third-order valence-corrected chi connectivity index (χ3v) is 1.95. The zero-order valence-corrected chi connectivity index (χ0v) is 8.13. The lowest BCUT2D eigenvalue weighted by atomic mass is 10.1. The van der Waals surface area contributed by atoms with E-state index in [0.717, 1.165) is 0 Å². The second-order valence-corrected chi connectivity index (χ2v) is 2.93. The molecule has 0 bridgehead atoms. The summed E-state index contributed by atoms with van der Waals surface area (Å²) in [7, 11) is 1.46. The van der Waals surface area contributed by atoms with Crippen LogP contribution in [0.2, 0.25) is 0 Å². The van der Waals surface area contributed by atoms with E-state index in [1.807, 2.05) is 0 Å². The molecule has 0 heterocycles. The number of carbonyl (C=O) groups excluding carboxylic acids is 1. The minimum absolute atomic E-state index is 0.00986. The average molecular weight is 197 g/mol. The number of benzene rings is 1. The molecule has 1 aromatic carbocycles. The number of hydrogen-bond donors (Lipinski definition) is 1. The summed E-state index contributed by atoms with van der Waals surface area (Å²) in [6, 6.07) is 2.89. The molecular weight excluding hydrogens is 185 g/mol. The first-order valence-corrected chi connectivity index (χ1v) is 4.17. The van der Waals surface area contributed by atoms with Crippen molar-refractivity contribution in [1.82, 2.24) is 0 Å². The summed E-state index contributed by atoms with van der Waals surface area (Å²) >= 11 is 0. The maximum Gasteiger partial charge on any atom is 0.179 e. The van der Waals surface area contributed by atoms with Crippen LogP contribution in [0.1, 0.15) is 15.9 Å². The molecule has 0 amide bonds. The predicted octanol–water partition coefficient (Wildman–Crippen LogP) is 1.28. The molecule has 0 fully saturated rings. The van der Waals surface area contributed by atoms with Crippen molar-refractivity contribution < 1.29 is 13.9 Å². The third kappa shape index (κ3) is 1.90. The summed E-state index contributed by atoms with van der Waals surface area (Å²) in [4.78, 5) is 11.2. The van der Waals surface area contributed by atoms with Gasteiger partial charge < -0.3 is 10.5 Å². The fourth-order valence-corrected chi connectivity index (χ4v) is 1.17. The van der Waals surface area contributed by atoms with E-state index in [9.17, 15) is 9.18 Å². The van der Waals surface area contributed by atoms with Crippen molar-refractivity contribution in [2.24, 2.45) is 5.73 Å². The van der Waals surface area contributed by atoms with Gasteiger partial charge in [0.25, 0.3) is 0 Å². The Kier molecular flexibility index (Phi) is 3.19. The highest BCUT2D eigenvalue weighted by atomic mass is 19.1. The number of Topliss-reactive ketones (excluding diaryl/α,β-unsaturated/α-hetero) is 1. The Bertz CT molecular complexity index is 363. The van der Waals surface area contributed by atoms with Crippen LogP contribution in [-0.4, -0.2) is 19.4 Å². The standard InChI is InChI=1S/C10H12FNO2/c1-6-3-7(14-2)4-8(10(6)11)9(13)5-12/h3-4H,5,12H2,1-2H3. The first-order chi connectivity index (χ1) is 6.60. The van der Waals surface area contributed by atoms with Crippen LogP contribution in [-0.2, 0) is 0 Å². The molecule has 1 rings (SSSR count). The summed E-state index contributed by atoms with van der Waals surface area (Å²) in [5.74, 6) is -0.494. The number of methoxy groups -OCH3 is 1. The first-order valence-electron chi connectivity index (χ1n) is 4.17. The second kappa shape index (κ2) is 4.19. The van der Waals surface area contributed by atoms with E-state index >= 15 is 0 Å². The maximum atomic E-state index is 13.4. The topological polar surface area (TPSA) is 52.3 Å². The monoisotopic (exact) mass is 197 g/mol. The van der Waals surface area contributed by atoms with Gasteiger partial charge in [-0.2, -0.15) is 0 Å². The number of hydrogen-bond acceptors (Lipinski definition) is 3. The Morgan fingerprint density at radius 1 is 1.57 bits per heavy atom. The highest BCUT2D eigenvalue weighted by Crippen LogP contribution is 2.20. The number of ketones is 1. The Balaban J connectivity index is 3.27. The van der Waals surface area contributed by atoms with Crippen LogP contribution in [0.4, 0.5) is 4.39 Å². The zero-order valence-electron chi connectivity index (χ0n) is 8.13. The number of ether oxygens (including phenoxy) is 1. The van der Waals surface area contributed by atoms with E-state index in [2.05, 4.69) is 0 Å². The fourth-order valence-electron chi connectivity index (χ4n) is 1.17. The van der Waals surface area contributed by atoms with Crippen LogP contribution in [0.3, 0.4) is 0 Å². The quantitative estimate of drug-likeness (QED) is 0.743. The van der Waals surface area contributed by atoms with Gasteiger partial charge >= 0.3 is 0 Å². The molecule has 0 unspecified atom stereocenters. The normalized spacial score (nSPS) is 10.0. The molecular formula is C10H12FNO2. The minimum atomic E-state index is -0.527. The van der Waals surface area contributed by atoms with Gasteiger partial charge in [-0.1, -0.05) is 0 Å². The van der Waals surface area contributed by atoms with Gasteiger partial charge in [-0.15, -0.1) is 0 Å². The van der Waals surface area contributed by atoms with Crippen LogP contribution < -0.4 is 10.5 Å². The van der Waals surface area contributed by atoms with E-state index in [0.29, 0.717) is 11.3 Å². The van der Waals surface area contributed by atoms with E-state index in [1.54, 1.807) is 6.92 Å². The number of aryl methyl sites for hydroxylation is 1. The lowest BCUT2D eigenvalue weighted by Crippen LogP contribution is -2.15. The van der Waals surface area contributed by atoms with Crippen molar-refractivity contribution >= 4 is 5.78 Å². The SMILES string of the molecule is COc1cc(C)c(F)c(C(=O)CN)c1. The molecule has 76 valence electrons. The fraction of sp³-hybridized carbons (Fsp3) is 0.300. The van der Waals surface area contributed by atoms with Crippen molar-refractivity contribution in [3.8, 4) is 5.75 Å². The van der Waals surface area contributed by atoms with E-state index in [1.165, 1.54) is 19.2 Å². The van der Waals surface area contributed by atoms with Gasteiger partial charge in [0.05, 0.1) is 19.2 Å². The summed E-state index contributed by atoms with van der Waals surface area (Å²) in [5.41, 5.74) is 5.52. The number of halogens is 1. The first kappa shape index (κ1) is 10.7. The third-order valence-electron chi connectivity index (χ3n) is 1.95. The van der Waals surface area contributed by atoms with Crippen molar-refractivity contribution in [3.05, 3.63) is 29.1 Å². The Hall–Kier alpha value is -1.42. The highest BCUT2D eigenvalue weighted by Gasteiger charge is 2.13. The molecule has 2 N–H and O–H groups in total. The summed E-state index contributed by atoms with van der Waals surface area (Å²) in [5, 5.41) is 0. The van der Waals surface area contributed by atoms with Crippen LogP contribution in [0.5, 0.6) is 5.75 Å². The largest absolute Gasteiger partial charge is 0.497 e.